The summed E-state index contributed by atoms with van der Waals surface area (Å²) in [6, 6.07) is 10.1. The molecular weight excluding hydrogens is 250 g/mol. The van der Waals surface area contributed by atoms with Crippen LogP contribution in [-0.2, 0) is 11.3 Å². The van der Waals surface area contributed by atoms with E-state index in [1.165, 1.54) is 18.4 Å². The third kappa shape index (κ3) is 3.33. The minimum Gasteiger partial charge on any atom is -0.377 e. The second-order valence-corrected chi connectivity index (χ2v) is 5.03. The van der Waals surface area contributed by atoms with Crippen molar-refractivity contribution in [3.05, 3.63) is 47.9 Å². The summed E-state index contributed by atoms with van der Waals surface area (Å²) < 4.78 is 5.39. The maximum absolute atomic E-state index is 5.39. The molecule has 0 unspecified atom stereocenters. The lowest BCUT2D eigenvalue weighted by atomic mass is 10.2. The van der Waals surface area contributed by atoms with Gasteiger partial charge in [0.25, 0.3) is 0 Å². The third-order valence-electron chi connectivity index (χ3n) is 3.32. The van der Waals surface area contributed by atoms with Crippen LogP contribution < -0.4 is 5.32 Å². The molecule has 2 aromatic rings. The molecule has 0 bridgehead atoms. The van der Waals surface area contributed by atoms with Gasteiger partial charge in [-0.15, -0.1) is 0 Å². The van der Waals surface area contributed by atoms with Crippen LogP contribution in [0.4, 0.5) is 11.5 Å². The second kappa shape index (κ2) is 6.01. The molecule has 1 aromatic carbocycles. The molecule has 20 heavy (non-hydrogen) atoms. The van der Waals surface area contributed by atoms with Crippen LogP contribution in [0, 0.1) is 0 Å². The second-order valence-electron chi connectivity index (χ2n) is 5.03. The molecule has 1 aliphatic rings. The quantitative estimate of drug-likeness (QED) is 0.869. The summed E-state index contributed by atoms with van der Waals surface area (Å²) in [5, 5.41) is 3.32. The Bertz CT molecular complexity index is 564. The zero-order valence-electron chi connectivity index (χ0n) is 11.7. The Balaban J connectivity index is 1.66. The van der Waals surface area contributed by atoms with Crippen molar-refractivity contribution in [2.45, 2.75) is 32.3 Å². The van der Waals surface area contributed by atoms with E-state index in [1.54, 1.807) is 0 Å². The average Bonchev–Trinajstić information content (AvgIpc) is 3.32. The SMILES string of the molecule is CCOCc1ccc(Nc2ccnc(C3CC3)n2)cc1. The number of nitrogens with zero attached hydrogens (tertiary/aromatic N) is 2. The molecule has 0 spiro atoms. The first-order valence-corrected chi connectivity index (χ1v) is 7.12. The summed E-state index contributed by atoms with van der Waals surface area (Å²) in [5.41, 5.74) is 2.21. The van der Waals surface area contributed by atoms with E-state index in [4.69, 9.17) is 4.74 Å². The summed E-state index contributed by atoms with van der Waals surface area (Å²) >= 11 is 0. The smallest absolute Gasteiger partial charge is 0.134 e. The van der Waals surface area contributed by atoms with E-state index >= 15 is 0 Å². The monoisotopic (exact) mass is 269 g/mol. The minimum absolute atomic E-state index is 0.574. The Labute approximate surface area is 119 Å². The Morgan fingerprint density at radius 2 is 2.00 bits per heavy atom. The standard InChI is InChI=1S/C16H19N3O/c1-2-20-11-12-3-7-14(8-4-12)18-15-9-10-17-16(19-15)13-5-6-13/h3-4,7-10,13H,2,5-6,11H2,1H3,(H,17,18,19). The molecule has 104 valence electrons. The zero-order chi connectivity index (χ0) is 13.8. The maximum atomic E-state index is 5.39. The molecular formula is C16H19N3O. The lowest BCUT2D eigenvalue weighted by Gasteiger charge is -2.08. The van der Waals surface area contributed by atoms with Crippen LogP contribution in [0.25, 0.3) is 0 Å². The topological polar surface area (TPSA) is 47.0 Å². The normalized spacial score (nSPS) is 14.2. The molecule has 0 atom stereocenters. The fourth-order valence-corrected chi connectivity index (χ4v) is 2.03. The number of hydrogen-bond donors (Lipinski definition) is 1. The van der Waals surface area contributed by atoms with Crippen LogP contribution in [0.1, 0.15) is 37.1 Å². The molecule has 0 aliphatic heterocycles. The molecule has 1 aliphatic carbocycles. The van der Waals surface area contributed by atoms with Crippen molar-refractivity contribution < 1.29 is 4.74 Å². The first-order chi connectivity index (χ1) is 9.85. The van der Waals surface area contributed by atoms with E-state index < -0.39 is 0 Å². The molecule has 1 fully saturated rings. The van der Waals surface area contributed by atoms with E-state index in [2.05, 4.69) is 27.4 Å². The summed E-state index contributed by atoms with van der Waals surface area (Å²) in [4.78, 5) is 8.88. The summed E-state index contributed by atoms with van der Waals surface area (Å²) in [6.45, 7) is 3.41. The zero-order valence-corrected chi connectivity index (χ0v) is 11.7. The molecule has 4 nitrogen and oxygen atoms in total. The highest BCUT2D eigenvalue weighted by Crippen LogP contribution is 2.38. The number of nitrogens with one attached hydrogen (secondary N) is 1. The van der Waals surface area contributed by atoms with Gasteiger partial charge in [-0.05, 0) is 43.5 Å². The van der Waals surface area contributed by atoms with Gasteiger partial charge in [0.2, 0.25) is 0 Å². The first-order valence-electron chi connectivity index (χ1n) is 7.12. The van der Waals surface area contributed by atoms with Crippen molar-refractivity contribution in [3.8, 4) is 0 Å². The molecule has 1 saturated carbocycles. The van der Waals surface area contributed by atoms with Gasteiger partial charge in [-0.3, -0.25) is 0 Å². The van der Waals surface area contributed by atoms with E-state index in [1.807, 2.05) is 31.3 Å². The van der Waals surface area contributed by atoms with Crippen molar-refractivity contribution in [1.82, 2.24) is 9.97 Å². The van der Waals surface area contributed by atoms with Gasteiger partial charge in [0.15, 0.2) is 0 Å². The fourth-order valence-electron chi connectivity index (χ4n) is 2.03. The minimum atomic E-state index is 0.574. The number of benzene rings is 1. The molecule has 4 heteroatoms. The van der Waals surface area contributed by atoms with Gasteiger partial charge < -0.3 is 10.1 Å². The summed E-state index contributed by atoms with van der Waals surface area (Å²) in [5.74, 6) is 2.40. The fraction of sp³-hybridized carbons (Fsp3) is 0.375. The van der Waals surface area contributed by atoms with E-state index in [0.29, 0.717) is 12.5 Å². The van der Waals surface area contributed by atoms with E-state index in [9.17, 15) is 0 Å². The lowest BCUT2D eigenvalue weighted by Crippen LogP contribution is -1.98. The Kier molecular flexibility index (Phi) is 3.92. The van der Waals surface area contributed by atoms with Crippen LogP contribution in [0.3, 0.4) is 0 Å². The summed E-state index contributed by atoms with van der Waals surface area (Å²) in [6.07, 6.45) is 4.26. The van der Waals surface area contributed by atoms with Gasteiger partial charge in [0.05, 0.1) is 6.61 Å². The van der Waals surface area contributed by atoms with E-state index in [-0.39, 0.29) is 0 Å². The summed E-state index contributed by atoms with van der Waals surface area (Å²) in [7, 11) is 0. The van der Waals surface area contributed by atoms with Gasteiger partial charge in [0.1, 0.15) is 11.6 Å². The van der Waals surface area contributed by atoms with Crippen molar-refractivity contribution in [1.29, 1.82) is 0 Å². The molecule has 3 rings (SSSR count). The molecule has 0 amide bonds. The van der Waals surface area contributed by atoms with Crippen molar-refractivity contribution in [2.75, 3.05) is 11.9 Å². The Morgan fingerprint density at radius 1 is 1.20 bits per heavy atom. The number of rotatable bonds is 6. The maximum Gasteiger partial charge on any atom is 0.134 e. The predicted octanol–water partition coefficient (Wildman–Crippen LogP) is 3.63. The van der Waals surface area contributed by atoms with Crippen molar-refractivity contribution >= 4 is 11.5 Å². The van der Waals surface area contributed by atoms with Crippen LogP contribution in [0.15, 0.2) is 36.5 Å². The molecule has 0 radical (unpaired) electrons. The Morgan fingerprint density at radius 3 is 2.70 bits per heavy atom. The number of ether oxygens (including phenoxy) is 1. The largest absolute Gasteiger partial charge is 0.377 e. The van der Waals surface area contributed by atoms with Gasteiger partial charge in [-0.25, -0.2) is 9.97 Å². The van der Waals surface area contributed by atoms with E-state index in [0.717, 1.165) is 23.9 Å². The number of anilines is 2. The van der Waals surface area contributed by atoms with Crippen LogP contribution >= 0.6 is 0 Å². The third-order valence-corrected chi connectivity index (χ3v) is 3.32. The highest BCUT2D eigenvalue weighted by molar-refractivity contribution is 5.56. The number of aromatic nitrogens is 2. The average molecular weight is 269 g/mol. The van der Waals surface area contributed by atoms with Gasteiger partial charge in [-0.1, -0.05) is 12.1 Å². The lowest BCUT2D eigenvalue weighted by molar-refractivity contribution is 0.134. The highest BCUT2D eigenvalue weighted by atomic mass is 16.5. The van der Waals surface area contributed by atoms with Crippen molar-refractivity contribution in [3.63, 3.8) is 0 Å². The van der Waals surface area contributed by atoms with Crippen LogP contribution in [-0.4, -0.2) is 16.6 Å². The van der Waals surface area contributed by atoms with Gasteiger partial charge in [0, 0.05) is 24.4 Å². The Hall–Kier alpha value is -1.94. The molecule has 0 saturated heterocycles. The first kappa shape index (κ1) is 13.1. The van der Waals surface area contributed by atoms with Crippen LogP contribution in [0.5, 0.6) is 0 Å². The van der Waals surface area contributed by atoms with Crippen LogP contribution in [0.2, 0.25) is 0 Å². The highest BCUT2D eigenvalue weighted by Gasteiger charge is 2.26. The number of hydrogen-bond acceptors (Lipinski definition) is 4. The predicted molar refractivity (Wildman–Crippen MR) is 79.1 cm³/mol. The molecule has 1 N–H and O–H groups in total. The van der Waals surface area contributed by atoms with Crippen molar-refractivity contribution in [2.24, 2.45) is 0 Å². The van der Waals surface area contributed by atoms with Gasteiger partial charge in [-0.2, -0.15) is 0 Å². The van der Waals surface area contributed by atoms with Gasteiger partial charge >= 0.3 is 0 Å². The molecule has 1 heterocycles. The molecule has 1 aromatic heterocycles.